The topological polar surface area (TPSA) is 75.9 Å². The molecule has 28 heavy (non-hydrogen) atoms. The number of aryl methyl sites for hydroxylation is 1. The molecule has 0 unspecified atom stereocenters. The van der Waals surface area contributed by atoms with Gasteiger partial charge in [0.15, 0.2) is 5.76 Å². The molecule has 0 N–H and O–H groups in total. The molecule has 7 nitrogen and oxygen atoms in total. The van der Waals surface area contributed by atoms with E-state index in [9.17, 15) is 8.42 Å². The lowest BCUT2D eigenvalue weighted by Gasteiger charge is -2.35. The zero-order chi connectivity index (χ0) is 19.7. The first-order valence-electron chi connectivity index (χ1n) is 8.90. The zero-order valence-electron chi connectivity index (χ0n) is 15.7. The SMILES string of the molecule is COc1ccccc1N1CCN(S(=O)(=O)c2ccc(-c3cc(C)no3)s2)CC1. The van der Waals surface area contributed by atoms with E-state index < -0.39 is 10.0 Å². The van der Waals surface area contributed by atoms with Crippen molar-refractivity contribution in [3.8, 4) is 16.4 Å². The summed E-state index contributed by atoms with van der Waals surface area (Å²) in [6, 6.07) is 13.0. The average Bonchev–Trinajstić information content (AvgIpc) is 3.37. The normalized spacial score (nSPS) is 15.7. The van der Waals surface area contributed by atoms with Gasteiger partial charge in [-0.2, -0.15) is 4.31 Å². The van der Waals surface area contributed by atoms with Gasteiger partial charge >= 0.3 is 0 Å². The monoisotopic (exact) mass is 419 g/mol. The highest BCUT2D eigenvalue weighted by Crippen LogP contribution is 2.34. The van der Waals surface area contributed by atoms with Crippen LogP contribution in [0.15, 0.2) is 51.2 Å². The summed E-state index contributed by atoms with van der Waals surface area (Å²) in [5, 5.41) is 3.86. The Morgan fingerprint density at radius 2 is 1.86 bits per heavy atom. The van der Waals surface area contributed by atoms with Gasteiger partial charge in [0.25, 0.3) is 10.0 Å². The van der Waals surface area contributed by atoms with Crippen molar-refractivity contribution in [1.29, 1.82) is 0 Å². The van der Waals surface area contributed by atoms with E-state index in [0.29, 0.717) is 36.1 Å². The zero-order valence-corrected chi connectivity index (χ0v) is 17.3. The Labute approximate surface area is 168 Å². The van der Waals surface area contributed by atoms with Gasteiger partial charge in [-0.15, -0.1) is 11.3 Å². The Bertz CT molecular complexity index is 1070. The fourth-order valence-corrected chi connectivity index (χ4v) is 6.09. The maximum Gasteiger partial charge on any atom is 0.252 e. The molecular formula is C19H21N3O4S2. The van der Waals surface area contributed by atoms with Crippen molar-refractivity contribution in [2.45, 2.75) is 11.1 Å². The summed E-state index contributed by atoms with van der Waals surface area (Å²) in [5.41, 5.74) is 1.75. The smallest absolute Gasteiger partial charge is 0.252 e. The van der Waals surface area contributed by atoms with Crippen molar-refractivity contribution in [2.75, 3.05) is 38.2 Å². The molecule has 1 aliphatic heterocycles. The molecule has 1 aliphatic rings. The van der Waals surface area contributed by atoms with Crippen LogP contribution in [0.5, 0.6) is 5.75 Å². The van der Waals surface area contributed by atoms with Gasteiger partial charge < -0.3 is 14.2 Å². The predicted octanol–water partition coefficient (Wildman–Crippen LogP) is 3.23. The first-order valence-corrected chi connectivity index (χ1v) is 11.2. The van der Waals surface area contributed by atoms with Crippen LogP contribution < -0.4 is 9.64 Å². The third-order valence-corrected chi connectivity index (χ3v) is 8.18. The van der Waals surface area contributed by atoms with E-state index in [2.05, 4.69) is 10.1 Å². The average molecular weight is 420 g/mol. The molecule has 4 rings (SSSR count). The second kappa shape index (κ2) is 7.57. The minimum atomic E-state index is -3.53. The molecule has 1 saturated heterocycles. The van der Waals surface area contributed by atoms with Gasteiger partial charge in [-0.25, -0.2) is 8.42 Å². The molecule has 0 saturated carbocycles. The van der Waals surface area contributed by atoms with Crippen LogP contribution in [0.2, 0.25) is 0 Å². The maximum atomic E-state index is 13.1. The number of methoxy groups -OCH3 is 1. The molecule has 3 aromatic rings. The maximum absolute atomic E-state index is 13.1. The first-order chi connectivity index (χ1) is 13.5. The summed E-state index contributed by atoms with van der Waals surface area (Å²) in [6.07, 6.45) is 0. The highest BCUT2D eigenvalue weighted by atomic mass is 32.2. The summed E-state index contributed by atoms with van der Waals surface area (Å²) in [7, 11) is -1.89. The van der Waals surface area contributed by atoms with E-state index in [1.807, 2.05) is 31.2 Å². The number of sulfonamides is 1. The van der Waals surface area contributed by atoms with Gasteiger partial charge in [0.1, 0.15) is 9.96 Å². The third kappa shape index (κ3) is 3.52. The van der Waals surface area contributed by atoms with Crippen LogP contribution in [-0.4, -0.2) is 51.2 Å². The molecule has 3 heterocycles. The largest absolute Gasteiger partial charge is 0.495 e. The van der Waals surface area contributed by atoms with Crippen LogP contribution >= 0.6 is 11.3 Å². The van der Waals surface area contributed by atoms with Crippen molar-refractivity contribution >= 4 is 27.0 Å². The third-order valence-electron chi connectivity index (χ3n) is 4.71. The summed E-state index contributed by atoms with van der Waals surface area (Å²) in [5.74, 6) is 1.38. The lowest BCUT2D eigenvalue weighted by molar-refractivity contribution is 0.379. The lowest BCUT2D eigenvalue weighted by Crippen LogP contribution is -2.48. The number of thiophene rings is 1. The van der Waals surface area contributed by atoms with E-state index in [-0.39, 0.29) is 0 Å². The Balaban J connectivity index is 1.49. The van der Waals surface area contributed by atoms with Crippen LogP contribution in [0.4, 0.5) is 5.69 Å². The van der Waals surface area contributed by atoms with Gasteiger partial charge in [-0.3, -0.25) is 0 Å². The molecule has 1 aromatic carbocycles. The van der Waals surface area contributed by atoms with E-state index in [4.69, 9.17) is 9.26 Å². The number of piperazine rings is 1. The molecule has 0 bridgehead atoms. The number of hydrogen-bond acceptors (Lipinski definition) is 7. The molecule has 9 heteroatoms. The highest BCUT2D eigenvalue weighted by molar-refractivity contribution is 7.91. The van der Waals surface area contributed by atoms with E-state index in [1.165, 1.54) is 11.3 Å². The number of benzene rings is 1. The Morgan fingerprint density at radius 3 is 2.54 bits per heavy atom. The minimum absolute atomic E-state index is 0.322. The molecule has 0 spiro atoms. The molecular weight excluding hydrogens is 398 g/mol. The van der Waals surface area contributed by atoms with Gasteiger partial charge in [0.2, 0.25) is 0 Å². The fraction of sp³-hybridized carbons (Fsp3) is 0.316. The standard InChI is InChI=1S/C19H21N3O4S2/c1-14-13-17(26-20-14)18-7-8-19(27-18)28(23,24)22-11-9-21(10-12-22)15-5-3-4-6-16(15)25-2/h3-8,13H,9-12H2,1-2H3. The summed E-state index contributed by atoms with van der Waals surface area (Å²) < 4.78 is 38.6. The first kappa shape index (κ1) is 19.0. The van der Waals surface area contributed by atoms with Crippen molar-refractivity contribution < 1.29 is 17.7 Å². The van der Waals surface area contributed by atoms with Gasteiger partial charge in [0.05, 0.1) is 23.4 Å². The fourth-order valence-electron chi connectivity index (χ4n) is 3.26. The number of nitrogens with zero attached hydrogens (tertiary/aromatic N) is 3. The highest BCUT2D eigenvalue weighted by Gasteiger charge is 2.30. The Morgan fingerprint density at radius 1 is 1.11 bits per heavy atom. The molecule has 0 amide bonds. The van der Waals surface area contributed by atoms with Crippen LogP contribution in [-0.2, 0) is 10.0 Å². The summed E-state index contributed by atoms with van der Waals surface area (Å²) >= 11 is 1.21. The quantitative estimate of drug-likeness (QED) is 0.632. The number of hydrogen-bond donors (Lipinski definition) is 0. The van der Waals surface area contributed by atoms with Crippen LogP contribution in [0.3, 0.4) is 0 Å². The second-order valence-electron chi connectivity index (χ2n) is 6.51. The van der Waals surface area contributed by atoms with E-state index >= 15 is 0 Å². The molecule has 0 radical (unpaired) electrons. The summed E-state index contributed by atoms with van der Waals surface area (Å²) in [4.78, 5) is 2.91. The van der Waals surface area contributed by atoms with E-state index in [0.717, 1.165) is 22.0 Å². The van der Waals surface area contributed by atoms with Crippen molar-refractivity contribution in [3.63, 3.8) is 0 Å². The number of ether oxygens (including phenoxy) is 1. The van der Waals surface area contributed by atoms with Gasteiger partial charge in [-0.1, -0.05) is 17.3 Å². The Kier molecular flexibility index (Phi) is 5.13. The molecule has 1 fully saturated rings. The Hall–Kier alpha value is -2.36. The number of aromatic nitrogens is 1. The van der Waals surface area contributed by atoms with Crippen LogP contribution in [0, 0.1) is 6.92 Å². The molecule has 0 aliphatic carbocycles. The van der Waals surface area contributed by atoms with Crippen molar-refractivity contribution in [2.24, 2.45) is 0 Å². The van der Waals surface area contributed by atoms with Gasteiger partial charge in [0, 0.05) is 32.2 Å². The molecule has 148 valence electrons. The number of rotatable bonds is 5. The molecule has 2 aromatic heterocycles. The minimum Gasteiger partial charge on any atom is -0.495 e. The second-order valence-corrected chi connectivity index (χ2v) is 9.76. The van der Waals surface area contributed by atoms with Crippen molar-refractivity contribution in [3.05, 3.63) is 48.2 Å². The van der Waals surface area contributed by atoms with Crippen LogP contribution in [0.25, 0.3) is 10.6 Å². The predicted molar refractivity (Wildman–Crippen MR) is 109 cm³/mol. The van der Waals surface area contributed by atoms with Gasteiger partial charge in [-0.05, 0) is 31.2 Å². The van der Waals surface area contributed by atoms with E-state index in [1.54, 1.807) is 29.6 Å². The molecule has 0 atom stereocenters. The number of anilines is 1. The van der Waals surface area contributed by atoms with Crippen molar-refractivity contribution in [1.82, 2.24) is 9.46 Å². The lowest BCUT2D eigenvalue weighted by atomic mass is 10.2. The summed E-state index contributed by atoms with van der Waals surface area (Å²) in [6.45, 7) is 3.90. The van der Waals surface area contributed by atoms with Crippen LogP contribution in [0.1, 0.15) is 5.69 Å². The number of para-hydroxylation sites is 2.